The van der Waals surface area contributed by atoms with Crippen LogP contribution >= 0.6 is 0 Å². The van der Waals surface area contributed by atoms with Crippen LogP contribution < -0.4 is 5.73 Å². The molecule has 0 bridgehead atoms. The lowest BCUT2D eigenvalue weighted by Gasteiger charge is -2.07. The van der Waals surface area contributed by atoms with E-state index in [0.29, 0.717) is 17.5 Å². The predicted molar refractivity (Wildman–Crippen MR) is 43.3 cm³/mol. The molecular weight excluding hydrogens is 154 g/mol. The third-order valence-electron chi connectivity index (χ3n) is 2.30. The number of rotatable bonds is 2. The molecule has 0 saturated heterocycles. The van der Waals surface area contributed by atoms with E-state index in [0.717, 1.165) is 12.8 Å². The minimum Gasteiger partial charge on any atom is -0.425 e. The van der Waals surface area contributed by atoms with Crippen LogP contribution in [0.1, 0.15) is 24.6 Å². The summed E-state index contributed by atoms with van der Waals surface area (Å²) in [7, 11) is 0. The van der Waals surface area contributed by atoms with Crippen LogP contribution in [0.25, 0.3) is 0 Å². The van der Waals surface area contributed by atoms with Gasteiger partial charge in [-0.25, -0.2) is 0 Å². The van der Waals surface area contributed by atoms with E-state index in [2.05, 4.69) is 16.8 Å². The third kappa shape index (κ3) is 0.841. The molecule has 0 unspecified atom stereocenters. The number of nitrogens with zero attached hydrogens (tertiary/aromatic N) is 2. The summed E-state index contributed by atoms with van der Waals surface area (Å²) in [5, 5.41) is 7.71. The summed E-state index contributed by atoms with van der Waals surface area (Å²) in [6, 6.07) is 0. The lowest BCUT2D eigenvalue weighted by atomic mass is 10.1. The Hall–Kier alpha value is -1.32. The lowest BCUT2D eigenvalue weighted by Crippen LogP contribution is -2.16. The zero-order valence-electron chi connectivity index (χ0n) is 7.00. The number of nitrogens with two attached hydrogens (primary N) is 1. The number of hydrogen-bond donors (Lipinski definition) is 1. The van der Waals surface area contributed by atoms with Gasteiger partial charge in [0.25, 0.3) is 0 Å². The predicted octanol–water partition coefficient (Wildman–Crippen LogP) is 0.882. The molecule has 0 spiro atoms. The molecule has 1 aromatic heterocycles. The van der Waals surface area contributed by atoms with Crippen molar-refractivity contribution in [1.29, 1.82) is 0 Å². The molecule has 0 amide bonds. The Balaban J connectivity index is 2.36. The fourth-order valence-electron chi connectivity index (χ4n) is 1.29. The average molecular weight is 165 g/mol. The fraction of sp³-hybridized carbons (Fsp3) is 0.500. The van der Waals surface area contributed by atoms with E-state index in [-0.39, 0.29) is 5.41 Å². The zero-order valence-corrected chi connectivity index (χ0v) is 7.00. The van der Waals surface area contributed by atoms with Crippen LogP contribution in [-0.4, -0.2) is 10.2 Å². The molecule has 2 N–H and O–H groups in total. The second-order valence-electron chi connectivity index (χ2n) is 3.23. The number of aromatic nitrogens is 2. The molecule has 4 heteroatoms. The largest absolute Gasteiger partial charge is 0.425 e. The molecule has 1 aliphatic rings. The van der Waals surface area contributed by atoms with Gasteiger partial charge in [0.15, 0.2) is 0 Å². The van der Waals surface area contributed by atoms with Gasteiger partial charge in [-0.1, -0.05) is 6.58 Å². The van der Waals surface area contributed by atoms with E-state index in [9.17, 15) is 0 Å². The first kappa shape index (κ1) is 7.34. The van der Waals surface area contributed by atoms with Gasteiger partial charge in [0.2, 0.25) is 11.8 Å². The molecule has 1 fully saturated rings. The molecule has 1 saturated carbocycles. The monoisotopic (exact) mass is 165 g/mol. The van der Waals surface area contributed by atoms with Crippen molar-refractivity contribution in [3.8, 4) is 0 Å². The van der Waals surface area contributed by atoms with Crippen molar-refractivity contribution in [3.63, 3.8) is 0 Å². The summed E-state index contributed by atoms with van der Waals surface area (Å²) < 4.78 is 5.31. The first-order chi connectivity index (χ1) is 5.65. The first-order valence-electron chi connectivity index (χ1n) is 3.90. The van der Waals surface area contributed by atoms with Gasteiger partial charge in [-0.3, -0.25) is 0 Å². The van der Waals surface area contributed by atoms with E-state index < -0.39 is 0 Å². The minimum absolute atomic E-state index is 0.193. The van der Waals surface area contributed by atoms with Crippen LogP contribution in [0.2, 0.25) is 0 Å². The number of aryl methyl sites for hydroxylation is 1. The summed E-state index contributed by atoms with van der Waals surface area (Å²) in [6.45, 7) is 5.49. The van der Waals surface area contributed by atoms with Gasteiger partial charge in [0.1, 0.15) is 0 Å². The first-order valence-corrected chi connectivity index (χ1v) is 3.90. The van der Waals surface area contributed by atoms with Crippen LogP contribution in [0.3, 0.4) is 0 Å². The highest BCUT2D eigenvalue weighted by atomic mass is 16.4. The topological polar surface area (TPSA) is 64.9 Å². The molecule has 1 aliphatic carbocycles. The normalized spacial score (nSPS) is 19.1. The van der Waals surface area contributed by atoms with Crippen LogP contribution in [-0.2, 0) is 5.41 Å². The summed E-state index contributed by atoms with van der Waals surface area (Å²) in [5.41, 5.74) is 6.09. The molecule has 0 atom stereocenters. The Kier molecular flexibility index (Phi) is 1.28. The van der Waals surface area contributed by atoms with Crippen molar-refractivity contribution in [2.24, 2.45) is 5.73 Å². The molecule has 12 heavy (non-hydrogen) atoms. The van der Waals surface area contributed by atoms with E-state index in [1.807, 2.05) is 0 Å². The Morgan fingerprint density at radius 2 is 2.25 bits per heavy atom. The summed E-state index contributed by atoms with van der Waals surface area (Å²) in [6.07, 6.45) is 1.95. The number of hydrogen-bond acceptors (Lipinski definition) is 4. The van der Waals surface area contributed by atoms with Crippen LogP contribution in [0.15, 0.2) is 16.7 Å². The van der Waals surface area contributed by atoms with Gasteiger partial charge in [0.05, 0.1) is 5.41 Å². The summed E-state index contributed by atoms with van der Waals surface area (Å²) in [4.78, 5) is 0. The molecule has 0 aliphatic heterocycles. The van der Waals surface area contributed by atoms with Crippen molar-refractivity contribution >= 4 is 0 Å². The van der Waals surface area contributed by atoms with Gasteiger partial charge in [-0.05, 0) is 12.8 Å². The van der Waals surface area contributed by atoms with Crippen LogP contribution in [0, 0.1) is 6.92 Å². The second-order valence-corrected chi connectivity index (χ2v) is 3.23. The zero-order chi connectivity index (χ0) is 8.77. The van der Waals surface area contributed by atoms with Gasteiger partial charge in [-0.2, -0.15) is 0 Å². The minimum atomic E-state index is -0.193. The van der Waals surface area contributed by atoms with E-state index in [1.54, 1.807) is 6.92 Å². The highest BCUT2D eigenvalue weighted by Crippen LogP contribution is 2.50. The lowest BCUT2D eigenvalue weighted by molar-refractivity contribution is 0.437. The highest BCUT2D eigenvalue weighted by Gasteiger charge is 2.50. The van der Waals surface area contributed by atoms with E-state index >= 15 is 0 Å². The van der Waals surface area contributed by atoms with E-state index in [4.69, 9.17) is 10.2 Å². The maximum absolute atomic E-state index is 5.65. The van der Waals surface area contributed by atoms with Crippen LogP contribution in [0.5, 0.6) is 0 Å². The Bertz CT molecular complexity index is 325. The maximum Gasteiger partial charge on any atom is 0.228 e. The Morgan fingerprint density at radius 1 is 1.58 bits per heavy atom. The summed E-state index contributed by atoms with van der Waals surface area (Å²) in [5.74, 6) is 1.20. The molecule has 0 radical (unpaired) electrons. The quantitative estimate of drug-likeness (QED) is 0.706. The van der Waals surface area contributed by atoms with Gasteiger partial charge >= 0.3 is 0 Å². The van der Waals surface area contributed by atoms with Gasteiger partial charge in [-0.15, -0.1) is 10.2 Å². The molecule has 4 nitrogen and oxygen atoms in total. The molecule has 0 aromatic carbocycles. The van der Waals surface area contributed by atoms with Gasteiger partial charge in [0, 0.05) is 12.6 Å². The smallest absolute Gasteiger partial charge is 0.228 e. The van der Waals surface area contributed by atoms with E-state index in [1.165, 1.54) is 0 Å². The molecule has 1 aromatic rings. The molecule has 2 rings (SSSR count). The van der Waals surface area contributed by atoms with Crippen LogP contribution in [0.4, 0.5) is 0 Å². The third-order valence-corrected chi connectivity index (χ3v) is 2.30. The SMILES string of the molecule is C=C(N)C1(c2nnc(C)o2)CC1. The average Bonchev–Trinajstić information content (AvgIpc) is 2.71. The molecule has 1 heterocycles. The maximum atomic E-state index is 5.65. The van der Waals surface area contributed by atoms with Crippen molar-refractivity contribution < 1.29 is 4.42 Å². The number of allylic oxidation sites excluding steroid dienone is 1. The second kappa shape index (κ2) is 2.09. The van der Waals surface area contributed by atoms with Crippen molar-refractivity contribution in [1.82, 2.24) is 10.2 Å². The van der Waals surface area contributed by atoms with Crippen molar-refractivity contribution in [2.75, 3.05) is 0 Å². The Labute approximate surface area is 70.5 Å². The summed E-state index contributed by atoms with van der Waals surface area (Å²) >= 11 is 0. The van der Waals surface area contributed by atoms with Crippen molar-refractivity contribution in [3.05, 3.63) is 24.1 Å². The highest BCUT2D eigenvalue weighted by molar-refractivity contribution is 5.30. The Morgan fingerprint density at radius 3 is 2.58 bits per heavy atom. The van der Waals surface area contributed by atoms with Crippen molar-refractivity contribution in [2.45, 2.75) is 25.2 Å². The van der Waals surface area contributed by atoms with Gasteiger partial charge < -0.3 is 10.2 Å². The molecular formula is C8H11N3O. The molecule has 64 valence electrons. The standard InChI is InChI=1S/C8H11N3O/c1-5(9)8(3-4-8)7-11-10-6(2)12-7/h1,3-4,9H2,2H3. The fourth-order valence-corrected chi connectivity index (χ4v) is 1.29.